The van der Waals surface area contributed by atoms with E-state index >= 15 is 0 Å². The van der Waals surface area contributed by atoms with Gasteiger partial charge in [-0.15, -0.1) is 0 Å². The van der Waals surface area contributed by atoms with Crippen molar-refractivity contribution in [2.75, 3.05) is 6.61 Å². The third-order valence-electron chi connectivity index (χ3n) is 2.14. The number of furan rings is 1. The number of carbonyl (C=O) groups is 1. The molecule has 0 bridgehead atoms. The minimum atomic E-state index is -0.0408. The maximum absolute atomic E-state index is 11.5. The first-order chi connectivity index (χ1) is 7.86. The molecule has 2 rings (SSSR count). The third-order valence-corrected chi connectivity index (χ3v) is 2.14. The van der Waals surface area contributed by atoms with Gasteiger partial charge < -0.3 is 9.15 Å². The smallest absolute Gasteiger partial charge is 0.201 e. The fourth-order valence-electron chi connectivity index (χ4n) is 1.34. The zero-order valence-corrected chi connectivity index (χ0v) is 8.76. The van der Waals surface area contributed by atoms with Crippen molar-refractivity contribution in [2.24, 2.45) is 0 Å². The van der Waals surface area contributed by atoms with Gasteiger partial charge in [0.15, 0.2) is 5.76 Å². The average molecular weight is 216 g/mol. The van der Waals surface area contributed by atoms with Crippen LogP contribution in [0.5, 0.6) is 5.75 Å². The van der Waals surface area contributed by atoms with Gasteiger partial charge in [-0.1, -0.05) is 18.2 Å². The van der Waals surface area contributed by atoms with Gasteiger partial charge in [0.05, 0.1) is 12.9 Å². The van der Waals surface area contributed by atoms with Crippen LogP contribution < -0.4 is 4.74 Å². The topological polar surface area (TPSA) is 39.4 Å². The number of carbonyl (C=O) groups excluding carboxylic acids is 1. The Kier molecular flexibility index (Phi) is 3.38. The monoisotopic (exact) mass is 216 g/mol. The summed E-state index contributed by atoms with van der Waals surface area (Å²) in [5.74, 6) is 1.12. The van der Waals surface area contributed by atoms with Crippen LogP contribution in [0.4, 0.5) is 0 Å². The number of Topliss-reactive ketones (excluding diaryl/α,β-unsaturated/α-hetero) is 1. The molecule has 0 N–H and O–H groups in total. The minimum Gasteiger partial charge on any atom is -0.493 e. The predicted molar refractivity (Wildman–Crippen MR) is 59.6 cm³/mol. The van der Waals surface area contributed by atoms with E-state index in [1.807, 2.05) is 30.3 Å². The molecule has 0 saturated carbocycles. The Balaban J connectivity index is 1.79. The molecule has 0 fully saturated rings. The van der Waals surface area contributed by atoms with Crippen LogP contribution in [0.3, 0.4) is 0 Å². The predicted octanol–water partition coefficient (Wildman–Crippen LogP) is 2.93. The van der Waals surface area contributed by atoms with E-state index in [1.54, 1.807) is 12.1 Å². The van der Waals surface area contributed by atoms with Crippen molar-refractivity contribution < 1.29 is 13.9 Å². The fraction of sp³-hybridized carbons (Fsp3) is 0.154. The molecule has 0 radical (unpaired) electrons. The van der Waals surface area contributed by atoms with Gasteiger partial charge in [0.2, 0.25) is 5.78 Å². The lowest BCUT2D eigenvalue weighted by molar-refractivity contribution is 0.0935. The highest BCUT2D eigenvalue weighted by atomic mass is 16.5. The molecule has 2 aromatic rings. The molecule has 0 saturated heterocycles. The van der Waals surface area contributed by atoms with Gasteiger partial charge in [0.25, 0.3) is 0 Å². The molecule has 0 spiro atoms. The van der Waals surface area contributed by atoms with Crippen molar-refractivity contribution in [3.05, 3.63) is 54.5 Å². The SMILES string of the molecule is O=C(CCOc1ccccc1)c1ccco1. The summed E-state index contributed by atoms with van der Waals surface area (Å²) in [6.45, 7) is 0.365. The first-order valence-electron chi connectivity index (χ1n) is 5.11. The van der Waals surface area contributed by atoms with E-state index in [0.717, 1.165) is 5.75 Å². The quantitative estimate of drug-likeness (QED) is 0.721. The minimum absolute atomic E-state index is 0.0408. The van der Waals surface area contributed by atoms with E-state index in [1.165, 1.54) is 6.26 Å². The number of hydrogen-bond donors (Lipinski definition) is 0. The molecule has 3 heteroatoms. The molecular weight excluding hydrogens is 204 g/mol. The lowest BCUT2D eigenvalue weighted by atomic mass is 10.2. The molecule has 1 aromatic heterocycles. The van der Waals surface area contributed by atoms with Crippen molar-refractivity contribution in [1.82, 2.24) is 0 Å². The highest BCUT2D eigenvalue weighted by molar-refractivity contribution is 5.93. The summed E-state index contributed by atoms with van der Waals surface area (Å²) in [6.07, 6.45) is 1.81. The van der Waals surface area contributed by atoms with Crippen LogP contribution in [0, 0.1) is 0 Å². The standard InChI is InChI=1S/C13H12O3/c14-12(13-7-4-9-16-13)8-10-15-11-5-2-1-3-6-11/h1-7,9H,8,10H2. The second kappa shape index (κ2) is 5.16. The lowest BCUT2D eigenvalue weighted by Gasteiger charge is -2.03. The summed E-state index contributed by atoms with van der Waals surface area (Å²) in [5.41, 5.74) is 0. The normalized spacial score (nSPS) is 10.0. The van der Waals surface area contributed by atoms with Gasteiger partial charge in [-0.25, -0.2) is 0 Å². The second-order valence-corrected chi connectivity index (χ2v) is 3.31. The molecule has 0 atom stereocenters. The Bertz CT molecular complexity index is 431. The summed E-state index contributed by atoms with van der Waals surface area (Å²) in [4.78, 5) is 11.5. The van der Waals surface area contributed by atoms with Crippen LogP contribution in [0.1, 0.15) is 17.0 Å². The largest absolute Gasteiger partial charge is 0.493 e. The van der Waals surface area contributed by atoms with Crippen LogP contribution in [0.15, 0.2) is 53.1 Å². The van der Waals surface area contributed by atoms with Gasteiger partial charge in [-0.2, -0.15) is 0 Å². The molecular formula is C13H12O3. The fourth-order valence-corrected chi connectivity index (χ4v) is 1.34. The molecule has 82 valence electrons. The van der Waals surface area contributed by atoms with Crippen molar-refractivity contribution in [2.45, 2.75) is 6.42 Å². The summed E-state index contributed by atoms with van der Waals surface area (Å²) in [6, 6.07) is 12.8. The van der Waals surface area contributed by atoms with Gasteiger partial charge in [0.1, 0.15) is 5.75 Å². The molecule has 0 aliphatic heterocycles. The summed E-state index contributed by atoms with van der Waals surface area (Å²) < 4.78 is 10.4. The maximum Gasteiger partial charge on any atom is 0.201 e. The maximum atomic E-state index is 11.5. The van der Waals surface area contributed by atoms with E-state index in [2.05, 4.69) is 0 Å². The third kappa shape index (κ3) is 2.73. The van der Waals surface area contributed by atoms with Crippen LogP contribution in [0.25, 0.3) is 0 Å². The zero-order valence-electron chi connectivity index (χ0n) is 8.76. The molecule has 0 unspecified atom stereocenters. The molecule has 16 heavy (non-hydrogen) atoms. The van der Waals surface area contributed by atoms with Gasteiger partial charge in [0, 0.05) is 6.42 Å². The van der Waals surface area contributed by atoms with Gasteiger partial charge in [-0.05, 0) is 24.3 Å². The Morgan fingerprint density at radius 2 is 1.94 bits per heavy atom. The zero-order chi connectivity index (χ0) is 11.2. The van der Waals surface area contributed by atoms with Crippen molar-refractivity contribution in [1.29, 1.82) is 0 Å². The van der Waals surface area contributed by atoms with E-state index in [9.17, 15) is 4.79 Å². The molecule has 1 aromatic carbocycles. The number of para-hydroxylation sites is 1. The van der Waals surface area contributed by atoms with Crippen LogP contribution in [-0.2, 0) is 0 Å². The number of ether oxygens (including phenoxy) is 1. The van der Waals surface area contributed by atoms with Gasteiger partial charge in [-0.3, -0.25) is 4.79 Å². The van der Waals surface area contributed by atoms with E-state index in [0.29, 0.717) is 18.8 Å². The molecule has 0 aliphatic carbocycles. The average Bonchev–Trinajstić information content (AvgIpc) is 2.84. The van der Waals surface area contributed by atoms with E-state index in [-0.39, 0.29) is 5.78 Å². The van der Waals surface area contributed by atoms with Crippen LogP contribution in [-0.4, -0.2) is 12.4 Å². The van der Waals surface area contributed by atoms with Crippen LogP contribution >= 0.6 is 0 Å². The van der Waals surface area contributed by atoms with E-state index in [4.69, 9.17) is 9.15 Å². The van der Waals surface area contributed by atoms with Crippen LogP contribution in [0.2, 0.25) is 0 Å². The Labute approximate surface area is 93.7 Å². The molecule has 0 aliphatic rings. The first-order valence-corrected chi connectivity index (χ1v) is 5.11. The lowest BCUT2D eigenvalue weighted by Crippen LogP contribution is -2.05. The number of rotatable bonds is 5. The summed E-state index contributed by atoms with van der Waals surface area (Å²) >= 11 is 0. The first kappa shape index (κ1) is 10.5. The molecule has 1 heterocycles. The highest BCUT2D eigenvalue weighted by Crippen LogP contribution is 2.10. The molecule has 3 nitrogen and oxygen atoms in total. The molecule has 0 amide bonds. The highest BCUT2D eigenvalue weighted by Gasteiger charge is 2.08. The number of hydrogen-bond acceptors (Lipinski definition) is 3. The number of benzene rings is 1. The van der Waals surface area contributed by atoms with Crippen molar-refractivity contribution in [3.8, 4) is 5.75 Å². The summed E-state index contributed by atoms with van der Waals surface area (Å²) in [5, 5.41) is 0. The van der Waals surface area contributed by atoms with Gasteiger partial charge >= 0.3 is 0 Å². The number of ketones is 1. The Morgan fingerprint density at radius 3 is 2.62 bits per heavy atom. The Morgan fingerprint density at radius 1 is 1.12 bits per heavy atom. The summed E-state index contributed by atoms with van der Waals surface area (Å²) in [7, 11) is 0. The van der Waals surface area contributed by atoms with E-state index < -0.39 is 0 Å². The second-order valence-electron chi connectivity index (χ2n) is 3.31. The van der Waals surface area contributed by atoms with Crippen molar-refractivity contribution in [3.63, 3.8) is 0 Å². The van der Waals surface area contributed by atoms with Crippen molar-refractivity contribution >= 4 is 5.78 Å². The Hall–Kier alpha value is -2.03.